The van der Waals surface area contributed by atoms with Crippen molar-refractivity contribution in [1.29, 1.82) is 5.26 Å². The highest BCUT2D eigenvalue weighted by Crippen LogP contribution is 2.37. The maximum atomic E-state index is 8.78. The van der Waals surface area contributed by atoms with Crippen molar-refractivity contribution < 1.29 is 0 Å². The largest absolute Gasteiger partial charge is 0.192 e. The summed E-state index contributed by atoms with van der Waals surface area (Å²) >= 11 is 3.40. The molecule has 0 saturated carbocycles. The molecular formula is C12H12NS2. The average molecular weight is 234 g/mol. The lowest BCUT2D eigenvalue weighted by molar-refractivity contribution is 0.701. The van der Waals surface area contributed by atoms with Gasteiger partial charge in [-0.3, -0.25) is 0 Å². The van der Waals surface area contributed by atoms with Crippen LogP contribution in [0.1, 0.15) is 35.4 Å². The molecule has 0 aliphatic heterocycles. The van der Waals surface area contributed by atoms with Crippen molar-refractivity contribution in [2.75, 3.05) is 0 Å². The summed E-state index contributed by atoms with van der Waals surface area (Å²) in [5.74, 6) is 0.595. The van der Waals surface area contributed by atoms with Crippen molar-refractivity contribution in [1.82, 2.24) is 0 Å². The van der Waals surface area contributed by atoms with Gasteiger partial charge in [0.25, 0.3) is 0 Å². The molecule has 0 aliphatic carbocycles. The van der Waals surface area contributed by atoms with Crippen LogP contribution < -0.4 is 0 Å². The summed E-state index contributed by atoms with van der Waals surface area (Å²) in [5, 5.41) is 8.78. The van der Waals surface area contributed by atoms with Gasteiger partial charge in [-0.2, -0.15) is 5.26 Å². The predicted octanol–water partition coefficient (Wildman–Crippen LogP) is 4.55. The minimum Gasteiger partial charge on any atom is -0.192 e. The van der Waals surface area contributed by atoms with E-state index in [9.17, 15) is 0 Å². The Kier molecular flexibility index (Phi) is 3.08. The molecule has 2 aromatic rings. The highest BCUT2D eigenvalue weighted by atomic mass is 32.1. The van der Waals surface area contributed by atoms with Crippen molar-refractivity contribution in [3.63, 3.8) is 0 Å². The molecule has 1 unspecified atom stereocenters. The van der Waals surface area contributed by atoms with Crippen LogP contribution in [-0.4, -0.2) is 0 Å². The third-order valence-corrected chi connectivity index (χ3v) is 4.89. The number of hydrogen-bond acceptors (Lipinski definition) is 3. The Hall–Kier alpha value is -0.850. The second-order valence-corrected chi connectivity index (χ2v) is 5.84. The zero-order chi connectivity index (χ0) is 10.8. The minimum absolute atomic E-state index is 0.595. The Bertz CT molecular complexity index is 470. The van der Waals surface area contributed by atoms with Crippen molar-refractivity contribution in [2.45, 2.75) is 25.7 Å². The fourth-order valence-electron chi connectivity index (χ4n) is 1.60. The normalized spacial score (nSPS) is 12.9. The first-order valence-corrected chi connectivity index (χ1v) is 6.60. The van der Waals surface area contributed by atoms with Gasteiger partial charge in [-0.05, 0) is 24.5 Å². The number of rotatable bonds is 3. The molecule has 1 radical (unpaired) electrons. The molecular weight excluding hydrogens is 222 g/mol. The predicted molar refractivity (Wildman–Crippen MR) is 67.4 cm³/mol. The molecule has 77 valence electrons. The standard InChI is InChI=1S/C12H12NS2/c1-3-4-8(2)10-6-12-11(15-10)5-9(7-13)14-12/h5-6,8H,1,3-4H2,2H3. The zero-order valence-corrected chi connectivity index (χ0v) is 10.3. The summed E-state index contributed by atoms with van der Waals surface area (Å²) in [7, 11) is 0. The zero-order valence-electron chi connectivity index (χ0n) is 8.62. The lowest BCUT2D eigenvalue weighted by Crippen LogP contribution is -1.87. The van der Waals surface area contributed by atoms with Gasteiger partial charge >= 0.3 is 0 Å². The van der Waals surface area contributed by atoms with Gasteiger partial charge in [-0.1, -0.05) is 20.3 Å². The highest BCUT2D eigenvalue weighted by Gasteiger charge is 2.11. The molecule has 2 rings (SSSR count). The number of fused-ring (bicyclic) bond motifs is 1. The van der Waals surface area contributed by atoms with Gasteiger partial charge in [0.1, 0.15) is 10.9 Å². The first-order valence-electron chi connectivity index (χ1n) is 4.97. The maximum absolute atomic E-state index is 8.78. The summed E-state index contributed by atoms with van der Waals surface area (Å²) in [6, 6.07) is 6.41. The Morgan fingerprint density at radius 2 is 2.13 bits per heavy atom. The van der Waals surface area contributed by atoms with Crippen molar-refractivity contribution in [3.05, 3.63) is 28.8 Å². The van der Waals surface area contributed by atoms with E-state index in [0.717, 1.165) is 17.7 Å². The topological polar surface area (TPSA) is 23.8 Å². The van der Waals surface area contributed by atoms with E-state index in [1.807, 2.05) is 17.4 Å². The smallest absolute Gasteiger partial charge is 0.110 e. The summed E-state index contributed by atoms with van der Waals surface area (Å²) in [4.78, 5) is 2.23. The summed E-state index contributed by atoms with van der Waals surface area (Å²) < 4.78 is 2.50. The lowest BCUT2D eigenvalue weighted by atomic mass is 10.1. The Morgan fingerprint density at radius 1 is 1.40 bits per heavy atom. The third-order valence-electron chi connectivity index (χ3n) is 2.46. The molecule has 0 saturated heterocycles. The fourth-order valence-corrected chi connectivity index (χ4v) is 3.89. The number of thiophene rings is 2. The Labute approximate surface area is 98.0 Å². The van der Waals surface area contributed by atoms with Crippen LogP contribution in [0, 0.1) is 18.3 Å². The van der Waals surface area contributed by atoms with Gasteiger partial charge in [0.2, 0.25) is 0 Å². The molecule has 15 heavy (non-hydrogen) atoms. The van der Waals surface area contributed by atoms with Crippen LogP contribution in [0.5, 0.6) is 0 Å². The van der Waals surface area contributed by atoms with Gasteiger partial charge in [0, 0.05) is 14.3 Å². The second kappa shape index (κ2) is 4.34. The molecule has 0 bridgehead atoms. The molecule has 0 N–H and O–H groups in total. The van der Waals surface area contributed by atoms with Crippen molar-refractivity contribution in [2.24, 2.45) is 0 Å². The molecule has 0 amide bonds. The van der Waals surface area contributed by atoms with E-state index >= 15 is 0 Å². The van der Waals surface area contributed by atoms with Gasteiger partial charge in [0.05, 0.1) is 0 Å². The quantitative estimate of drug-likeness (QED) is 0.764. The average Bonchev–Trinajstić information content (AvgIpc) is 2.74. The number of hydrogen-bond donors (Lipinski definition) is 0. The van der Waals surface area contributed by atoms with E-state index in [0.29, 0.717) is 5.92 Å². The van der Waals surface area contributed by atoms with Gasteiger partial charge < -0.3 is 0 Å². The number of nitrogens with zero attached hydrogens (tertiary/aromatic N) is 1. The molecule has 0 spiro atoms. The van der Waals surface area contributed by atoms with Crippen LogP contribution >= 0.6 is 22.7 Å². The van der Waals surface area contributed by atoms with E-state index in [2.05, 4.69) is 26.0 Å². The Balaban J connectivity index is 2.33. The van der Waals surface area contributed by atoms with Gasteiger partial charge in [-0.15, -0.1) is 22.7 Å². The van der Waals surface area contributed by atoms with Crippen LogP contribution in [0.15, 0.2) is 12.1 Å². The van der Waals surface area contributed by atoms with Crippen molar-refractivity contribution in [3.8, 4) is 6.07 Å². The van der Waals surface area contributed by atoms with Gasteiger partial charge in [0.15, 0.2) is 0 Å². The summed E-state index contributed by atoms with van der Waals surface area (Å²) in [5.41, 5.74) is 0. The van der Waals surface area contributed by atoms with Crippen LogP contribution in [-0.2, 0) is 0 Å². The van der Waals surface area contributed by atoms with E-state index in [1.165, 1.54) is 14.3 Å². The molecule has 2 aromatic heterocycles. The number of nitriles is 1. The van der Waals surface area contributed by atoms with E-state index in [1.54, 1.807) is 11.3 Å². The monoisotopic (exact) mass is 234 g/mol. The van der Waals surface area contributed by atoms with Crippen LogP contribution in [0.3, 0.4) is 0 Å². The summed E-state index contributed by atoms with van der Waals surface area (Å²) in [6.45, 7) is 6.13. The SMILES string of the molecule is [CH2]CCC(C)c1cc2sc(C#N)cc2s1. The first kappa shape index (κ1) is 10.7. The molecule has 1 atom stereocenters. The molecule has 0 aliphatic rings. The fraction of sp³-hybridized carbons (Fsp3) is 0.333. The third kappa shape index (κ3) is 2.06. The van der Waals surface area contributed by atoms with Crippen molar-refractivity contribution >= 4 is 32.1 Å². The van der Waals surface area contributed by atoms with E-state index < -0.39 is 0 Å². The molecule has 3 heteroatoms. The second-order valence-electron chi connectivity index (χ2n) is 3.64. The van der Waals surface area contributed by atoms with Crippen LogP contribution in [0.2, 0.25) is 0 Å². The lowest BCUT2D eigenvalue weighted by Gasteiger charge is -2.05. The molecule has 0 aromatic carbocycles. The molecule has 0 fully saturated rings. The van der Waals surface area contributed by atoms with Gasteiger partial charge in [-0.25, -0.2) is 0 Å². The maximum Gasteiger partial charge on any atom is 0.110 e. The molecule has 2 heterocycles. The van der Waals surface area contributed by atoms with Crippen LogP contribution in [0.25, 0.3) is 9.40 Å². The minimum atomic E-state index is 0.595. The van der Waals surface area contributed by atoms with Crippen LogP contribution in [0.4, 0.5) is 0 Å². The summed E-state index contributed by atoms with van der Waals surface area (Å²) in [6.07, 6.45) is 2.12. The molecule has 1 nitrogen and oxygen atoms in total. The first-order chi connectivity index (χ1) is 7.24. The highest BCUT2D eigenvalue weighted by molar-refractivity contribution is 7.28. The van der Waals surface area contributed by atoms with E-state index in [4.69, 9.17) is 5.26 Å². The van der Waals surface area contributed by atoms with E-state index in [-0.39, 0.29) is 0 Å². The Morgan fingerprint density at radius 3 is 2.73 bits per heavy atom.